The monoisotopic (exact) mass is 314 g/mol. The molecule has 1 amide bonds. The zero-order chi connectivity index (χ0) is 13.0. The molecule has 0 aliphatic carbocycles. The number of hydrogen-bond donors (Lipinski definition) is 2. The summed E-state index contributed by atoms with van der Waals surface area (Å²) in [5.74, 6) is -0.222. The molecule has 1 aliphatic rings. The standard InChI is InChI=1S/C13H16BrFN2O/c14-11-5-4-10(15)7-9(11)8-17-12-3-1-2-6-16-13(12)18/h4-5,7,12,17H,1-3,6,8H2,(H,16,18). The minimum atomic E-state index is -0.264. The van der Waals surface area contributed by atoms with Crippen molar-refractivity contribution in [2.45, 2.75) is 31.8 Å². The molecule has 0 radical (unpaired) electrons. The summed E-state index contributed by atoms with van der Waals surface area (Å²) in [6.07, 6.45) is 2.88. The first-order chi connectivity index (χ1) is 8.66. The summed E-state index contributed by atoms with van der Waals surface area (Å²) in [6, 6.07) is 4.39. The first-order valence-corrected chi connectivity index (χ1v) is 6.91. The van der Waals surface area contributed by atoms with E-state index in [-0.39, 0.29) is 17.8 Å². The number of nitrogens with one attached hydrogen (secondary N) is 2. The highest BCUT2D eigenvalue weighted by atomic mass is 79.9. The van der Waals surface area contributed by atoms with Crippen LogP contribution in [0.2, 0.25) is 0 Å². The molecule has 2 N–H and O–H groups in total. The molecule has 0 bridgehead atoms. The van der Waals surface area contributed by atoms with Crippen LogP contribution in [0.4, 0.5) is 4.39 Å². The van der Waals surface area contributed by atoms with Gasteiger partial charge in [0, 0.05) is 17.6 Å². The topological polar surface area (TPSA) is 41.1 Å². The second-order valence-corrected chi connectivity index (χ2v) is 5.31. The predicted molar refractivity (Wildman–Crippen MR) is 71.6 cm³/mol. The Kier molecular flexibility index (Phi) is 4.72. The van der Waals surface area contributed by atoms with Gasteiger partial charge in [-0.25, -0.2) is 4.39 Å². The highest BCUT2D eigenvalue weighted by Gasteiger charge is 2.19. The fourth-order valence-corrected chi connectivity index (χ4v) is 2.43. The molecule has 18 heavy (non-hydrogen) atoms. The van der Waals surface area contributed by atoms with Crippen LogP contribution in [0.25, 0.3) is 0 Å². The van der Waals surface area contributed by atoms with Crippen LogP contribution in [0.15, 0.2) is 22.7 Å². The van der Waals surface area contributed by atoms with E-state index in [9.17, 15) is 9.18 Å². The van der Waals surface area contributed by atoms with Gasteiger partial charge in [0.1, 0.15) is 5.82 Å². The normalized spacial score (nSPS) is 20.3. The van der Waals surface area contributed by atoms with Gasteiger partial charge >= 0.3 is 0 Å². The van der Waals surface area contributed by atoms with E-state index in [1.807, 2.05) is 0 Å². The van der Waals surface area contributed by atoms with Crippen molar-refractivity contribution in [3.8, 4) is 0 Å². The maximum Gasteiger partial charge on any atom is 0.237 e. The lowest BCUT2D eigenvalue weighted by Crippen LogP contribution is -2.42. The first kappa shape index (κ1) is 13.5. The quantitative estimate of drug-likeness (QED) is 0.899. The van der Waals surface area contributed by atoms with E-state index >= 15 is 0 Å². The van der Waals surface area contributed by atoms with E-state index in [4.69, 9.17) is 0 Å². The van der Waals surface area contributed by atoms with Crippen LogP contribution in [0.3, 0.4) is 0 Å². The molecule has 2 rings (SSSR count). The zero-order valence-corrected chi connectivity index (χ0v) is 11.6. The number of halogens is 2. The van der Waals surface area contributed by atoms with Gasteiger partial charge in [0.25, 0.3) is 0 Å². The Bertz CT molecular complexity index is 439. The number of rotatable bonds is 3. The van der Waals surface area contributed by atoms with Crippen molar-refractivity contribution >= 4 is 21.8 Å². The van der Waals surface area contributed by atoms with Gasteiger partial charge in [0.05, 0.1) is 6.04 Å². The Hall–Kier alpha value is -0.940. The molecule has 1 heterocycles. The molecule has 3 nitrogen and oxygen atoms in total. The van der Waals surface area contributed by atoms with Crippen LogP contribution in [-0.4, -0.2) is 18.5 Å². The maximum absolute atomic E-state index is 13.1. The van der Waals surface area contributed by atoms with Gasteiger partial charge in [-0.3, -0.25) is 4.79 Å². The summed E-state index contributed by atoms with van der Waals surface area (Å²) in [5, 5.41) is 6.06. The van der Waals surface area contributed by atoms with E-state index in [1.54, 1.807) is 6.07 Å². The van der Waals surface area contributed by atoms with Crippen LogP contribution in [-0.2, 0) is 11.3 Å². The van der Waals surface area contributed by atoms with Gasteiger partial charge in [0.2, 0.25) is 5.91 Å². The fourth-order valence-electron chi connectivity index (χ4n) is 2.05. The molecule has 98 valence electrons. The van der Waals surface area contributed by atoms with Gasteiger partial charge in [-0.2, -0.15) is 0 Å². The summed E-state index contributed by atoms with van der Waals surface area (Å²) >= 11 is 3.38. The largest absolute Gasteiger partial charge is 0.355 e. The van der Waals surface area contributed by atoms with E-state index in [0.717, 1.165) is 35.8 Å². The molecule has 1 aromatic rings. The molecule has 5 heteroatoms. The lowest BCUT2D eigenvalue weighted by molar-refractivity contribution is -0.122. The number of carbonyl (C=O) groups is 1. The van der Waals surface area contributed by atoms with Crippen LogP contribution < -0.4 is 10.6 Å². The Balaban J connectivity index is 1.97. The minimum absolute atomic E-state index is 0.0417. The van der Waals surface area contributed by atoms with E-state index in [0.29, 0.717) is 6.54 Å². The van der Waals surface area contributed by atoms with Crippen molar-refractivity contribution in [2.75, 3.05) is 6.54 Å². The molecular weight excluding hydrogens is 299 g/mol. The molecule has 1 fully saturated rings. The summed E-state index contributed by atoms with van der Waals surface area (Å²) in [5.41, 5.74) is 0.826. The van der Waals surface area contributed by atoms with Crippen LogP contribution in [0, 0.1) is 5.82 Å². The molecule has 1 saturated heterocycles. The molecule has 1 aliphatic heterocycles. The van der Waals surface area contributed by atoms with Crippen molar-refractivity contribution in [1.82, 2.24) is 10.6 Å². The lowest BCUT2D eigenvalue weighted by Gasteiger charge is -2.15. The van der Waals surface area contributed by atoms with E-state index in [2.05, 4.69) is 26.6 Å². The van der Waals surface area contributed by atoms with E-state index < -0.39 is 0 Å². The highest BCUT2D eigenvalue weighted by Crippen LogP contribution is 2.18. The van der Waals surface area contributed by atoms with Gasteiger partial charge in [-0.1, -0.05) is 15.9 Å². The number of carbonyl (C=O) groups excluding carboxylic acids is 1. The molecule has 0 aromatic heterocycles. The number of hydrogen-bond acceptors (Lipinski definition) is 2. The molecule has 1 unspecified atom stereocenters. The second kappa shape index (κ2) is 6.29. The van der Waals surface area contributed by atoms with Gasteiger partial charge < -0.3 is 10.6 Å². The van der Waals surface area contributed by atoms with Gasteiger partial charge in [-0.15, -0.1) is 0 Å². The highest BCUT2D eigenvalue weighted by molar-refractivity contribution is 9.10. The average Bonchev–Trinajstić information content (AvgIpc) is 2.55. The van der Waals surface area contributed by atoms with Crippen molar-refractivity contribution in [1.29, 1.82) is 0 Å². The van der Waals surface area contributed by atoms with Crippen molar-refractivity contribution in [3.63, 3.8) is 0 Å². The van der Waals surface area contributed by atoms with Crippen molar-refractivity contribution in [3.05, 3.63) is 34.1 Å². The Morgan fingerprint density at radius 2 is 2.28 bits per heavy atom. The third-order valence-electron chi connectivity index (χ3n) is 3.08. The molecule has 0 spiro atoms. The molecule has 0 saturated carbocycles. The number of benzene rings is 1. The summed E-state index contributed by atoms with van der Waals surface area (Å²) in [6.45, 7) is 1.23. The third-order valence-corrected chi connectivity index (χ3v) is 3.86. The van der Waals surface area contributed by atoms with Crippen LogP contribution in [0.5, 0.6) is 0 Å². The van der Waals surface area contributed by atoms with Crippen LogP contribution in [0.1, 0.15) is 24.8 Å². The minimum Gasteiger partial charge on any atom is -0.355 e. The second-order valence-electron chi connectivity index (χ2n) is 4.46. The first-order valence-electron chi connectivity index (χ1n) is 6.12. The summed E-state index contributed by atoms with van der Waals surface area (Å²) in [4.78, 5) is 11.7. The maximum atomic E-state index is 13.1. The SMILES string of the molecule is O=C1NCCCCC1NCc1cc(F)ccc1Br. The average molecular weight is 315 g/mol. The van der Waals surface area contributed by atoms with Crippen molar-refractivity contribution in [2.24, 2.45) is 0 Å². The zero-order valence-electron chi connectivity index (χ0n) is 10.0. The van der Waals surface area contributed by atoms with Crippen LogP contribution >= 0.6 is 15.9 Å². The van der Waals surface area contributed by atoms with Gasteiger partial charge in [0.15, 0.2) is 0 Å². The molecule has 1 aromatic carbocycles. The smallest absolute Gasteiger partial charge is 0.237 e. The summed E-state index contributed by atoms with van der Waals surface area (Å²) in [7, 11) is 0. The molecule has 1 atom stereocenters. The van der Waals surface area contributed by atoms with Gasteiger partial charge in [-0.05, 0) is 43.0 Å². The third kappa shape index (κ3) is 3.53. The Labute approximate surface area is 114 Å². The fraction of sp³-hybridized carbons (Fsp3) is 0.462. The number of amides is 1. The van der Waals surface area contributed by atoms with Crippen molar-refractivity contribution < 1.29 is 9.18 Å². The Morgan fingerprint density at radius 3 is 3.11 bits per heavy atom. The lowest BCUT2D eigenvalue weighted by atomic mass is 10.1. The molecular formula is C13H16BrFN2O. The summed E-state index contributed by atoms with van der Waals surface area (Å²) < 4.78 is 14.0. The Morgan fingerprint density at radius 1 is 1.44 bits per heavy atom. The predicted octanol–water partition coefficient (Wildman–Crippen LogP) is 2.35. The van der Waals surface area contributed by atoms with E-state index in [1.165, 1.54) is 12.1 Å².